The molecule has 2 heterocycles. The van der Waals surface area contributed by atoms with Crippen LogP contribution in [0.5, 0.6) is 0 Å². The third-order valence-corrected chi connectivity index (χ3v) is 5.36. The van der Waals surface area contributed by atoms with Crippen LogP contribution in [0.15, 0.2) is 0 Å². The van der Waals surface area contributed by atoms with Crippen molar-refractivity contribution in [2.24, 2.45) is 0 Å². The first-order valence-corrected chi connectivity index (χ1v) is 6.22. The Hall–Kier alpha value is 0.660. The van der Waals surface area contributed by atoms with Crippen molar-refractivity contribution >= 4 is 23.5 Å². The van der Waals surface area contributed by atoms with Crippen LogP contribution in [0.2, 0.25) is 0 Å². The quantitative estimate of drug-likeness (QED) is 0.576. The maximum Gasteiger partial charge on any atom is 0.0578 e. The van der Waals surface area contributed by atoms with Crippen LogP contribution in [0.1, 0.15) is 26.7 Å². The third-order valence-electron chi connectivity index (χ3n) is 2.44. The maximum absolute atomic E-state index is 2.65. The Kier molecular flexibility index (Phi) is 2.40. The molecular formula is C8H15NS2. The van der Waals surface area contributed by atoms with Crippen LogP contribution in [0.4, 0.5) is 0 Å². The molecule has 0 aliphatic carbocycles. The minimum Gasteiger partial charge on any atom is -0.280 e. The van der Waals surface area contributed by atoms with Crippen molar-refractivity contribution in [3.63, 3.8) is 0 Å². The third kappa shape index (κ3) is 1.56. The Morgan fingerprint density at radius 3 is 2.91 bits per heavy atom. The van der Waals surface area contributed by atoms with E-state index in [4.69, 9.17) is 0 Å². The van der Waals surface area contributed by atoms with Gasteiger partial charge in [-0.3, -0.25) is 4.90 Å². The van der Waals surface area contributed by atoms with Gasteiger partial charge in [0.1, 0.15) is 0 Å². The van der Waals surface area contributed by atoms with Crippen molar-refractivity contribution in [2.45, 2.75) is 42.0 Å². The molecule has 1 nitrogen and oxygen atoms in total. The summed E-state index contributed by atoms with van der Waals surface area (Å²) >= 11 is 4.26. The number of hydrogen-bond acceptors (Lipinski definition) is 3. The van der Waals surface area contributed by atoms with Crippen molar-refractivity contribution < 1.29 is 0 Å². The molecule has 0 aromatic rings. The summed E-state index contributed by atoms with van der Waals surface area (Å²) in [4.78, 5) is 2.65. The van der Waals surface area contributed by atoms with Gasteiger partial charge < -0.3 is 0 Å². The molecule has 2 rings (SSSR count). The summed E-state index contributed by atoms with van der Waals surface area (Å²) < 4.78 is 0.810. The number of hydrogen-bond donors (Lipinski definition) is 0. The fourth-order valence-corrected chi connectivity index (χ4v) is 5.28. The Balaban J connectivity index is 2.04. The van der Waals surface area contributed by atoms with Gasteiger partial charge in [-0.2, -0.15) is 0 Å². The molecule has 0 N–H and O–H groups in total. The van der Waals surface area contributed by atoms with Crippen LogP contribution in [0.25, 0.3) is 0 Å². The van der Waals surface area contributed by atoms with Crippen LogP contribution in [-0.4, -0.2) is 26.8 Å². The first-order chi connectivity index (χ1) is 5.27. The van der Waals surface area contributed by atoms with Crippen molar-refractivity contribution in [3.8, 4) is 0 Å². The topological polar surface area (TPSA) is 3.24 Å². The molecule has 3 heteroatoms. The number of nitrogens with zero attached hydrogens (tertiary/aromatic N) is 1. The first kappa shape index (κ1) is 8.27. The summed E-state index contributed by atoms with van der Waals surface area (Å²) in [7, 11) is 0. The summed E-state index contributed by atoms with van der Waals surface area (Å²) in [6.07, 6.45) is 2.83. The molecule has 2 aliphatic heterocycles. The van der Waals surface area contributed by atoms with Gasteiger partial charge in [0.25, 0.3) is 0 Å². The predicted molar refractivity (Wildman–Crippen MR) is 53.8 cm³/mol. The highest BCUT2D eigenvalue weighted by molar-refractivity contribution is 8.18. The number of fused-ring (bicyclic) bond motifs is 1. The molecule has 0 radical (unpaired) electrons. The number of thioether (sulfide) groups is 2. The van der Waals surface area contributed by atoms with Gasteiger partial charge in [-0.15, -0.1) is 23.5 Å². The van der Waals surface area contributed by atoms with E-state index in [1.165, 1.54) is 19.4 Å². The summed E-state index contributed by atoms with van der Waals surface area (Å²) in [6, 6.07) is 0. The van der Waals surface area contributed by atoms with Gasteiger partial charge in [0.2, 0.25) is 0 Å². The van der Waals surface area contributed by atoms with E-state index in [0.29, 0.717) is 0 Å². The molecule has 11 heavy (non-hydrogen) atoms. The molecule has 2 fully saturated rings. The Morgan fingerprint density at radius 2 is 2.09 bits per heavy atom. The van der Waals surface area contributed by atoms with E-state index in [1.54, 1.807) is 0 Å². The summed E-state index contributed by atoms with van der Waals surface area (Å²) in [5.74, 6) is 0. The van der Waals surface area contributed by atoms with Gasteiger partial charge in [-0.25, -0.2) is 0 Å². The Bertz CT molecular complexity index is 151. The lowest BCUT2D eigenvalue weighted by Crippen LogP contribution is -2.38. The van der Waals surface area contributed by atoms with Gasteiger partial charge in [0, 0.05) is 6.54 Å². The summed E-state index contributed by atoms with van der Waals surface area (Å²) in [6.45, 7) is 6.01. The van der Waals surface area contributed by atoms with E-state index in [-0.39, 0.29) is 0 Å². The van der Waals surface area contributed by atoms with Crippen LogP contribution < -0.4 is 0 Å². The zero-order chi connectivity index (χ0) is 7.84. The Morgan fingerprint density at radius 1 is 1.27 bits per heavy atom. The molecule has 0 saturated carbocycles. The average Bonchev–Trinajstić information content (AvgIpc) is 2.34. The molecule has 0 aromatic carbocycles. The summed E-state index contributed by atoms with van der Waals surface area (Å²) in [5, 5.41) is 1.61. The van der Waals surface area contributed by atoms with E-state index in [1.807, 2.05) is 0 Å². The minimum atomic E-state index is 0.763. The van der Waals surface area contributed by atoms with Gasteiger partial charge in [-0.1, -0.05) is 0 Å². The predicted octanol–water partition coefficient (Wildman–Crippen LogP) is 2.58. The van der Waals surface area contributed by atoms with Gasteiger partial charge in [-0.05, 0) is 26.7 Å². The standard InChI is InChI=1S/C8H15NS2/c1-6-9-5-3-4-8(9)11-7(2)10-6/h6-8H,3-5H2,1-2H3/t6-,7-,8+/m0/s1. The van der Waals surface area contributed by atoms with E-state index >= 15 is 0 Å². The fraction of sp³-hybridized carbons (Fsp3) is 1.00. The van der Waals surface area contributed by atoms with Crippen molar-refractivity contribution in [1.29, 1.82) is 0 Å². The van der Waals surface area contributed by atoms with E-state index in [2.05, 4.69) is 42.3 Å². The zero-order valence-corrected chi connectivity index (χ0v) is 8.75. The lowest BCUT2D eigenvalue weighted by atomic mass is 10.4. The highest BCUT2D eigenvalue weighted by Crippen LogP contribution is 2.44. The minimum absolute atomic E-state index is 0.763. The molecule has 0 amide bonds. The second kappa shape index (κ2) is 3.19. The van der Waals surface area contributed by atoms with Crippen LogP contribution in [0, 0.1) is 0 Å². The lowest BCUT2D eigenvalue weighted by molar-refractivity contribution is 0.307. The van der Waals surface area contributed by atoms with E-state index < -0.39 is 0 Å². The van der Waals surface area contributed by atoms with Gasteiger partial charge in [0.15, 0.2) is 0 Å². The molecule has 2 aliphatic rings. The first-order valence-electron chi connectivity index (χ1n) is 4.34. The van der Waals surface area contributed by atoms with Crippen molar-refractivity contribution in [1.82, 2.24) is 4.90 Å². The highest BCUT2D eigenvalue weighted by Gasteiger charge is 2.35. The SMILES string of the molecule is C[C@H]1S[C@@H](C)N2CCC[C@H]2S1. The van der Waals surface area contributed by atoms with Crippen LogP contribution in [0.3, 0.4) is 0 Å². The zero-order valence-electron chi connectivity index (χ0n) is 7.12. The molecule has 0 spiro atoms. The molecule has 0 unspecified atom stereocenters. The maximum atomic E-state index is 2.65. The molecule has 3 atom stereocenters. The van der Waals surface area contributed by atoms with Crippen LogP contribution >= 0.6 is 23.5 Å². The van der Waals surface area contributed by atoms with Crippen LogP contribution in [-0.2, 0) is 0 Å². The fourth-order valence-electron chi connectivity index (χ4n) is 1.93. The van der Waals surface area contributed by atoms with Crippen molar-refractivity contribution in [2.75, 3.05) is 6.54 Å². The summed E-state index contributed by atoms with van der Waals surface area (Å²) in [5.41, 5.74) is 0. The second-order valence-corrected chi connectivity index (χ2v) is 6.76. The lowest BCUT2D eigenvalue weighted by Gasteiger charge is -2.37. The average molecular weight is 189 g/mol. The highest BCUT2D eigenvalue weighted by atomic mass is 32.2. The smallest absolute Gasteiger partial charge is 0.0578 e. The normalized spacial score (nSPS) is 45.8. The molecule has 2 saturated heterocycles. The molecule has 0 aromatic heterocycles. The van der Waals surface area contributed by atoms with E-state index in [9.17, 15) is 0 Å². The largest absolute Gasteiger partial charge is 0.280 e. The molecular weight excluding hydrogens is 174 g/mol. The number of rotatable bonds is 0. The van der Waals surface area contributed by atoms with Crippen molar-refractivity contribution in [3.05, 3.63) is 0 Å². The Labute approximate surface area is 77.3 Å². The molecule has 0 bridgehead atoms. The van der Waals surface area contributed by atoms with E-state index in [0.717, 1.165) is 15.3 Å². The second-order valence-electron chi connectivity index (χ2n) is 3.27. The van der Waals surface area contributed by atoms with Gasteiger partial charge >= 0.3 is 0 Å². The molecule has 64 valence electrons. The monoisotopic (exact) mass is 189 g/mol. The van der Waals surface area contributed by atoms with Gasteiger partial charge in [0.05, 0.1) is 15.3 Å².